The van der Waals surface area contributed by atoms with Crippen molar-refractivity contribution in [3.63, 3.8) is 0 Å². The van der Waals surface area contributed by atoms with Crippen LogP contribution in [0.2, 0.25) is 0 Å². The van der Waals surface area contributed by atoms with Gasteiger partial charge in [-0.15, -0.1) is 0 Å². The number of hydrogen-bond acceptors (Lipinski definition) is 5. The number of urea groups is 1. The van der Waals surface area contributed by atoms with Crippen LogP contribution in [0.1, 0.15) is 34.2 Å². The number of rotatable bonds is 5. The number of fused-ring (bicyclic) bond motifs is 1. The molecular weight excluding hydrogens is 441 g/mol. The van der Waals surface area contributed by atoms with Crippen molar-refractivity contribution in [1.82, 2.24) is 14.8 Å². The van der Waals surface area contributed by atoms with Crippen molar-refractivity contribution in [2.24, 2.45) is 0 Å². The number of amides is 3. The molecule has 0 aliphatic carbocycles. The van der Waals surface area contributed by atoms with Crippen LogP contribution in [0.25, 0.3) is 5.69 Å². The number of carbonyl (C=O) groups is 3. The summed E-state index contributed by atoms with van der Waals surface area (Å²) in [5, 5.41) is 2.70. The van der Waals surface area contributed by atoms with Gasteiger partial charge in [0.2, 0.25) is 6.79 Å². The van der Waals surface area contributed by atoms with E-state index in [4.69, 9.17) is 9.47 Å². The van der Waals surface area contributed by atoms with Crippen LogP contribution in [0, 0.1) is 19.7 Å². The molecule has 3 heterocycles. The zero-order valence-electron chi connectivity index (χ0n) is 18.8. The summed E-state index contributed by atoms with van der Waals surface area (Å²) >= 11 is 0. The molecule has 0 unspecified atom stereocenters. The molecule has 0 spiro atoms. The van der Waals surface area contributed by atoms with Gasteiger partial charge in [0, 0.05) is 22.6 Å². The maximum absolute atomic E-state index is 13.7. The Balaban J connectivity index is 1.41. The highest BCUT2D eigenvalue weighted by atomic mass is 19.1. The van der Waals surface area contributed by atoms with E-state index in [1.807, 2.05) is 0 Å². The summed E-state index contributed by atoms with van der Waals surface area (Å²) in [6, 6.07) is 12.1. The minimum atomic E-state index is -1.35. The standard InChI is InChI=1S/C25H22FN3O5/c1-14-9-19(15(2)29(14)18-6-4-5-17(26)11-18)20(30)12-28-23(31)25(3,27-24(28)32)16-7-8-21-22(10-16)34-13-33-21/h4-11H,12-13H2,1-3H3,(H,27,32)/t25-/m0/s1. The predicted molar refractivity (Wildman–Crippen MR) is 120 cm³/mol. The van der Waals surface area contributed by atoms with Crippen molar-refractivity contribution in [2.45, 2.75) is 26.3 Å². The van der Waals surface area contributed by atoms with Gasteiger partial charge in [-0.25, -0.2) is 9.18 Å². The van der Waals surface area contributed by atoms with Crippen molar-refractivity contribution < 1.29 is 28.2 Å². The first-order chi connectivity index (χ1) is 16.2. The maximum atomic E-state index is 13.7. The van der Waals surface area contributed by atoms with E-state index < -0.39 is 29.8 Å². The molecule has 1 N–H and O–H groups in total. The largest absolute Gasteiger partial charge is 0.454 e. The summed E-state index contributed by atoms with van der Waals surface area (Å²) in [4.78, 5) is 40.1. The van der Waals surface area contributed by atoms with Gasteiger partial charge in [0.15, 0.2) is 17.3 Å². The number of ether oxygens (including phenoxy) is 2. The summed E-state index contributed by atoms with van der Waals surface area (Å²) in [6.45, 7) is 4.81. The van der Waals surface area contributed by atoms with E-state index in [9.17, 15) is 18.8 Å². The van der Waals surface area contributed by atoms with Gasteiger partial charge in [0.1, 0.15) is 11.4 Å². The Kier molecular flexibility index (Phi) is 4.93. The molecule has 1 fully saturated rings. The average molecular weight is 463 g/mol. The smallest absolute Gasteiger partial charge is 0.325 e. The fourth-order valence-corrected chi connectivity index (χ4v) is 4.53. The Morgan fingerprint density at radius 2 is 1.85 bits per heavy atom. The van der Waals surface area contributed by atoms with E-state index in [0.717, 1.165) is 10.6 Å². The number of imide groups is 1. The number of hydrogen-bond donors (Lipinski definition) is 1. The van der Waals surface area contributed by atoms with Crippen LogP contribution < -0.4 is 14.8 Å². The molecule has 3 amide bonds. The molecule has 34 heavy (non-hydrogen) atoms. The predicted octanol–water partition coefficient (Wildman–Crippen LogP) is 3.61. The van der Waals surface area contributed by atoms with Gasteiger partial charge >= 0.3 is 6.03 Å². The first kappa shape index (κ1) is 21.7. The highest BCUT2D eigenvalue weighted by Crippen LogP contribution is 2.38. The zero-order chi connectivity index (χ0) is 24.2. The zero-order valence-corrected chi connectivity index (χ0v) is 18.8. The molecule has 2 aliphatic rings. The number of halogens is 1. The summed E-state index contributed by atoms with van der Waals surface area (Å²) in [5.74, 6) is -0.275. The fraction of sp³-hybridized carbons (Fsp3) is 0.240. The van der Waals surface area contributed by atoms with Crippen LogP contribution in [-0.4, -0.2) is 40.5 Å². The Hall–Kier alpha value is -4.14. The number of benzene rings is 2. The molecule has 0 bridgehead atoms. The Morgan fingerprint density at radius 3 is 2.62 bits per heavy atom. The van der Waals surface area contributed by atoms with Gasteiger partial charge in [-0.3, -0.25) is 14.5 Å². The molecule has 8 nitrogen and oxygen atoms in total. The van der Waals surface area contributed by atoms with Gasteiger partial charge < -0.3 is 19.4 Å². The van der Waals surface area contributed by atoms with Crippen LogP contribution in [0.3, 0.4) is 0 Å². The van der Waals surface area contributed by atoms with Crippen molar-refractivity contribution in [1.29, 1.82) is 0 Å². The Bertz CT molecular complexity index is 1360. The highest BCUT2D eigenvalue weighted by molar-refractivity contribution is 6.11. The van der Waals surface area contributed by atoms with E-state index in [2.05, 4.69) is 5.32 Å². The monoisotopic (exact) mass is 463 g/mol. The molecule has 174 valence electrons. The lowest BCUT2D eigenvalue weighted by Gasteiger charge is -2.22. The molecule has 2 aromatic carbocycles. The molecule has 9 heteroatoms. The quantitative estimate of drug-likeness (QED) is 0.461. The Labute approximate surface area is 194 Å². The Morgan fingerprint density at radius 1 is 1.09 bits per heavy atom. The molecule has 1 saturated heterocycles. The van der Waals surface area contributed by atoms with Crippen LogP contribution >= 0.6 is 0 Å². The lowest BCUT2D eigenvalue weighted by atomic mass is 9.91. The lowest BCUT2D eigenvalue weighted by Crippen LogP contribution is -2.41. The van der Waals surface area contributed by atoms with Crippen LogP contribution in [0.4, 0.5) is 9.18 Å². The second-order valence-corrected chi connectivity index (χ2v) is 8.54. The summed E-state index contributed by atoms with van der Waals surface area (Å²) in [7, 11) is 0. The van der Waals surface area contributed by atoms with Gasteiger partial charge in [0.05, 0.1) is 6.54 Å². The topological polar surface area (TPSA) is 89.9 Å². The van der Waals surface area contributed by atoms with Crippen LogP contribution in [-0.2, 0) is 10.3 Å². The van der Waals surface area contributed by atoms with Crippen LogP contribution in [0.5, 0.6) is 11.5 Å². The summed E-state index contributed by atoms with van der Waals surface area (Å²) < 4.78 is 26.2. The first-order valence-electron chi connectivity index (χ1n) is 10.7. The normalized spacial score (nSPS) is 19.0. The van der Waals surface area contributed by atoms with E-state index in [0.29, 0.717) is 34.0 Å². The number of aryl methyl sites for hydroxylation is 1. The van der Waals surface area contributed by atoms with E-state index in [1.54, 1.807) is 61.7 Å². The summed E-state index contributed by atoms with van der Waals surface area (Å²) in [6.07, 6.45) is 0. The van der Waals surface area contributed by atoms with Gasteiger partial charge in [-0.2, -0.15) is 0 Å². The molecule has 5 rings (SSSR count). The van der Waals surface area contributed by atoms with Crippen molar-refractivity contribution in [3.8, 4) is 17.2 Å². The molecule has 0 saturated carbocycles. The number of carbonyl (C=O) groups excluding carboxylic acids is 3. The fourth-order valence-electron chi connectivity index (χ4n) is 4.53. The summed E-state index contributed by atoms with van der Waals surface area (Å²) in [5.41, 5.74) is 1.44. The second kappa shape index (κ2) is 7.72. The lowest BCUT2D eigenvalue weighted by molar-refractivity contribution is -0.130. The number of nitrogens with zero attached hydrogens (tertiary/aromatic N) is 2. The third kappa shape index (κ3) is 3.32. The van der Waals surface area contributed by atoms with Crippen molar-refractivity contribution in [2.75, 3.05) is 13.3 Å². The van der Waals surface area contributed by atoms with Gasteiger partial charge in [-0.1, -0.05) is 12.1 Å². The number of ketones is 1. The minimum absolute atomic E-state index is 0.0878. The SMILES string of the molecule is Cc1cc(C(=O)CN2C(=O)N[C@@](C)(c3ccc4c(c3)OCO4)C2=O)c(C)n1-c1cccc(F)c1. The van der Waals surface area contributed by atoms with E-state index >= 15 is 0 Å². The van der Waals surface area contributed by atoms with Crippen molar-refractivity contribution in [3.05, 3.63) is 76.9 Å². The second-order valence-electron chi connectivity index (χ2n) is 8.54. The third-order valence-corrected chi connectivity index (χ3v) is 6.32. The average Bonchev–Trinajstić information content (AvgIpc) is 3.45. The van der Waals surface area contributed by atoms with Gasteiger partial charge in [0.25, 0.3) is 5.91 Å². The van der Waals surface area contributed by atoms with Gasteiger partial charge in [-0.05, 0) is 62.7 Å². The van der Waals surface area contributed by atoms with E-state index in [1.165, 1.54) is 12.1 Å². The number of nitrogens with one attached hydrogen (secondary N) is 1. The third-order valence-electron chi connectivity index (χ3n) is 6.32. The number of aromatic nitrogens is 1. The minimum Gasteiger partial charge on any atom is -0.454 e. The molecule has 0 radical (unpaired) electrons. The molecule has 1 aromatic heterocycles. The molecule has 1 atom stereocenters. The molecular formula is C25H22FN3O5. The van der Waals surface area contributed by atoms with E-state index in [-0.39, 0.29) is 12.6 Å². The van der Waals surface area contributed by atoms with Crippen molar-refractivity contribution >= 4 is 17.7 Å². The molecule has 3 aromatic rings. The molecule has 2 aliphatic heterocycles. The van der Waals surface area contributed by atoms with Crippen LogP contribution in [0.15, 0.2) is 48.5 Å². The first-order valence-corrected chi connectivity index (χ1v) is 10.7. The highest BCUT2D eigenvalue weighted by Gasteiger charge is 2.50. The maximum Gasteiger partial charge on any atom is 0.325 e. The number of Topliss-reactive ketones (excluding diaryl/α,β-unsaturated/α-hetero) is 1.